The van der Waals surface area contributed by atoms with E-state index in [1.54, 1.807) is 6.08 Å². The number of thioether (sulfide) groups is 1. The molecule has 2 aromatic rings. The van der Waals surface area contributed by atoms with E-state index in [4.69, 9.17) is 11.2 Å². The van der Waals surface area contributed by atoms with Crippen molar-refractivity contribution in [2.24, 2.45) is 0 Å². The average Bonchev–Trinajstić information content (AvgIpc) is 2.84. The highest BCUT2D eigenvalue weighted by atomic mass is 32.2. The minimum atomic E-state index is -0.364. The maximum atomic E-state index is 12.2. The van der Waals surface area contributed by atoms with Crippen molar-refractivity contribution >= 4 is 29.0 Å². The predicted molar refractivity (Wildman–Crippen MR) is 94.5 cm³/mol. The van der Waals surface area contributed by atoms with E-state index >= 15 is 0 Å². The summed E-state index contributed by atoms with van der Waals surface area (Å²) >= 11 is 0.889. The molecule has 0 unspecified atom stereocenters. The maximum Gasteiger partial charge on any atom is 0.294 e. The van der Waals surface area contributed by atoms with Gasteiger partial charge in [0.05, 0.1) is 11.4 Å². The van der Waals surface area contributed by atoms with Crippen LogP contribution in [-0.4, -0.2) is 22.6 Å². The van der Waals surface area contributed by atoms with Gasteiger partial charge in [0.2, 0.25) is 0 Å². The van der Waals surface area contributed by atoms with E-state index in [2.05, 4.69) is 5.92 Å². The lowest BCUT2D eigenvalue weighted by Crippen LogP contribution is -2.28. The van der Waals surface area contributed by atoms with E-state index < -0.39 is 0 Å². The van der Waals surface area contributed by atoms with E-state index in [9.17, 15) is 9.59 Å². The molecule has 4 nitrogen and oxygen atoms in total. The number of rotatable bonds is 4. The Balaban J connectivity index is 1.81. The van der Waals surface area contributed by atoms with Crippen molar-refractivity contribution in [3.05, 3.63) is 65.1 Å². The maximum absolute atomic E-state index is 12.2. The molecule has 118 valence electrons. The molecule has 1 heterocycles. The van der Waals surface area contributed by atoms with Gasteiger partial charge in [0.15, 0.2) is 0 Å². The summed E-state index contributed by atoms with van der Waals surface area (Å²) in [5, 5.41) is -0.346. The monoisotopic (exact) mass is 335 g/mol. The summed E-state index contributed by atoms with van der Waals surface area (Å²) in [5.74, 6) is 3.33. The summed E-state index contributed by atoms with van der Waals surface area (Å²) in [6, 6.07) is 16.7. The fourth-order valence-corrected chi connectivity index (χ4v) is 3.01. The number of carbonyl (C=O) groups is 2. The standard InChI is InChI=1S/C19H13NO3S/c1-2-11-20-18(21)17(24-19(20)22)13-14-7-6-10-16(12-14)23-15-8-4-3-5-9-15/h1,3-10,12-13H,11H2. The van der Waals surface area contributed by atoms with Gasteiger partial charge in [-0.3, -0.25) is 14.5 Å². The van der Waals surface area contributed by atoms with Crippen molar-refractivity contribution in [2.45, 2.75) is 0 Å². The van der Waals surface area contributed by atoms with Crippen LogP contribution in [0.3, 0.4) is 0 Å². The van der Waals surface area contributed by atoms with Crippen molar-refractivity contribution in [2.75, 3.05) is 6.54 Å². The summed E-state index contributed by atoms with van der Waals surface area (Å²) in [6.45, 7) is -0.0147. The third kappa shape index (κ3) is 3.50. The Morgan fingerprint density at radius 1 is 1.08 bits per heavy atom. The molecule has 0 aliphatic carbocycles. The highest BCUT2D eigenvalue weighted by Crippen LogP contribution is 2.32. The van der Waals surface area contributed by atoms with Gasteiger partial charge in [-0.15, -0.1) is 6.42 Å². The van der Waals surface area contributed by atoms with Gasteiger partial charge in [0.25, 0.3) is 11.1 Å². The normalized spacial score (nSPS) is 15.6. The first-order chi connectivity index (χ1) is 11.7. The van der Waals surface area contributed by atoms with Crippen LogP contribution < -0.4 is 4.74 Å². The smallest absolute Gasteiger partial charge is 0.294 e. The summed E-state index contributed by atoms with van der Waals surface area (Å²) in [4.78, 5) is 25.4. The molecular weight excluding hydrogens is 322 g/mol. The molecule has 0 aromatic heterocycles. The van der Waals surface area contributed by atoms with Gasteiger partial charge in [-0.05, 0) is 47.7 Å². The summed E-state index contributed by atoms with van der Waals surface area (Å²) in [6.07, 6.45) is 6.85. The zero-order chi connectivity index (χ0) is 16.9. The third-order valence-electron chi connectivity index (χ3n) is 3.26. The van der Waals surface area contributed by atoms with Crippen LogP contribution >= 0.6 is 11.8 Å². The van der Waals surface area contributed by atoms with Crippen molar-refractivity contribution in [1.29, 1.82) is 0 Å². The number of terminal acetylenes is 1. The second-order valence-electron chi connectivity index (χ2n) is 4.96. The largest absolute Gasteiger partial charge is 0.457 e. The number of imide groups is 1. The Labute approximate surface area is 144 Å². The minimum Gasteiger partial charge on any atom is -0.457 e. The number of benzene rings is 2. The lowest BCUT2D eigenvalue weighted by atomic mass is 10.2. The van der Waals surface area contributed by atoms with Crippen LogP contribution in [0.4, 0.5) is 4.79 Å². The molecule has 0 spiro atoms. The van der Waals surface area contributed by atoms with Crippen LogP contribution in [0.15, 0.2) is 59.5 Å². The van der Waals surface area contributed by atoms with Crippen LogP contribution in [0.1, 0.15) is 5.56 Å². The van der Waals surface area contributed by atoms with E-state index in [1.807, 2.05) is 54.6 Å². The van der Waals surface area contributed by atoms with Crippen molar-refractivity contribution in [3.63, 3.8) is 0 Å². The van der Waals surface area contributed by atoms with Crippen molar-refractivity contribution in [1.82, 2.24) is 4.90 Å². The molecule has 0 radical (unpaired) electrons. The van der Waals surface area contributed by atoms with Gasteiger partial charge >= 0.3 is 0 Å². The first kappa shape index (κ1) is 15.9. The van der Waals surface area contributed by atoms with Gasteiger partial charge in [0, 0.05) is 0 Å². The molecule has 0 bridgehead atoms. The second-order valence-corrected chi connectivity index (χ2v) is 5.95. The van der Waals surface area contributed by atoms with Crippen molar-refractivity contribution < 1.29 is 14.3 Å². The molecule has 5 heteroatoms. The Morgan fingerprint density at radius 3 is 2.58 bits per heavy atom. The molecule has 24 heavy (non-hydrogen) atoms. The molecule has 1 fully saturated rings. The Hall–Kier alpha value is -2.97. The fraction of sp³-hybridized carbons (Fsp3) is 0.0526. The molecular formula is C19H13NO3S. The quantitative estimate of drug-likeness (QED) is 0.622. The number of ether oxygens (including phenoxy) is 1. The minimum absolute atomic E-state index is 0.0147. The second kappa shape index (κ2) is 7.07. The number of amides is 2. The average molecular weight is 335 g/mol. The van der Waals surface area contributed by atoms with Crippen LogP contribution in [0.2, 0.25) is 0 Å². The van der Waals surface area contributed by atoms with Gasteiger partial charge in [-0.25, -0.2) is 0 Å². The predicted octanol–water partition coefficient (Wildman–Crippen LogP) is 4.15. The number of hydrogen-bond acceptors (Lipinski definition) is 4. The van der Waals surface area contributed by atoms with Gasteiger partial charge in [-0.1, -0.05) is 36.3 Å². The fourth-order valence-electron chi connectivity index (χ4n) is 2.17. The molecule has 1 saturated heterocycles. The molecule has 2 aromatic carbocycles. The highest BCUT2D eigenvalue weighted by Gasteiger charge is 2.34. The number of para-hydroxylation sites is 1. The molecule has 3 rings (SSSR count). The number of hydrogen-bond donors (Lipinski definition) is 0. The Kier molecular flexibility index (Phi) is 4.69. The Bertz CT molecular complexity index is 852. The summed E-state index contributed by atoms with van der Waals surface area (Å²) in [5.41, 5.74) is 0.773. The van der Waals surface area contributed by atoms with Gasteiger partial charge in [-0.2, -0.15) is 0 Å². The molecule has 1 aliphatic rings. The zero-order valence-corrected chi connectivity index (χ0v) is 13.5. The third-order valence-corrected chi connectivity index (χ3v) is 4.17. The lowest BCUT2D eigenvalue weighted by Gasteiger charge is -2.07. The number of carbonyl (C=O) groups excluding carboxylic acids is 2. The van der Waals surface area contributed by atoms with E-state index in [0.717, 1.165) is 28.0 Å². The van der Waals surface area contributed by atoms with Crippen LogP contribution in [0.5, 0.6) is 11.5 Å². The van der Waals surface area contributed by atoms with Crippen LogP contribution in [0.25, 0.3) is 6.08 Å². The topological polar surface area (TPSA) is 46.6 Å². The first-order valence-corrected chi connectivity index (χ1v) is 8.01. The zero-order valence-electron chi connectivity index (χ0n) is 12.6. The van der Waals surface area contributed by atoms with Gasteiger partial charge < -0.3 is 4.74 Å². The van der Waals surface area contributed by atoms with E-state index in [1.165, 1.54) is 0 Å². The molecule has 2 amide bonds. The van der Waals surface area contributed by atoms with E-state index in [-0.39, 0.29) is 17.7 Å². The number of nitrogens with zero attached hydrogens (tertiary/aromatic N) is 1. The molecule has 1 aliphatic heterocycles. The first-order valence-electron chi connectivity index (χ1n) is 7.19. The van der Waals surface area contributed by atoms with Crippen molar-refractivity contribution in [3.8, 4) is 23.8 Å². The highest BCUT2D eigenvalue weighted by molar-refractivity contribution is 8.18. The summed E-state index contributed by atoms with van der Waals surface area (Å²) in [7, 11) is 0. The van der Waals surface area contributed by atoms with E-state index in [0.29, 0.717) is 10.7 Å². The summed E-state index contributed by atoms with van der Waals surface area (Å²) < 4.78 is 5.77. The molecule has 0 N–H and O–H groups in total. The lowest BCUT2D eigenvalue weighted by molar-refractivity contribution is -0.122. The molecule has 0 atom stereocenters. The van der Waals surface area contributed by atoms with Crippen LogP contribution in [-0.2, 0) is 4.79 Å². The SMILES string of the molecule is C#CCN1C(=O)SC(=Cc2cccc(Oc3ccccc3)c2)C1=O. The van der Waals surface area contributed by atoms with Gasteiger partial charge in [0.1, 0.15) is 11.5 Å². The Morgan fingerprint density at radius 2 is 1.83 bits per heavy atom. The molecule has 0 saturated carbocycles. The van der Waals surface area contributed by atoms with Crippen LogP contribution in [0, 0.1) is 12.3 Å².